The van der Waals surface area contributed by atoms with Gasteiger partial charge in [-0.25, -0.2) is 4.79 Å². The summed E-state index contributed by atoms with van der Waals surface area (Å²) in [7, 11) is 0. The number of carbonyl (C=O) groups is 2. The second kappa shape index (κ2) is 6.50. The van der Waals surface area contributed by atoms with E-state index in [1.54, 1.807) is 0 Å². The summed E-state index contributed by atoms with van der Waals surface area (Å²) in [6, 6.07) is 0.516. The molecule has 7 heteroatoms. The van der Waals surface area contributed by atoms with Gasteiger partial charge in [0.15, 0.2) is 0 Å². The number of rotatable bonds is 4. The Labute approximate surface area is 126 Å². The van der Waals surface area contributed by atoms with Crippen LogP contribution in [0.1, 0.15) is 42.6 Å². The number of hydrogen-bond donors (Lipinski definition) is 3. The molecule has 110 valence electrons. The summed E-state index contributed by atoms with van der Waals surface area (Å²) in [6.07, 6.45) is 4.78. The van der Waals surface area contributed by atoms with Crippen molar-refractivity contribution < 1.29 is 14.7 Å². The lowest BCUT2D eigenvalue weighted by Gasteiger charge is -2.27. The van der Waals surface area contributed by atoms with Crippen LogP contribution in [0, 0.1) is 5.92 Å². The number of aromatic nitrogens is 1. The average molecular weight is 319 g/mol. The van der Waals surface area contributed by atoms with Crippen molar-refractivity contribution in [3.63, 3.8) is 0 Å². The van der Waals surface area contributed by atoms with Gasteiger partial charge >= 0.3 is 5.97 Å². The largest absolute Gasteiger partial charge is 0.480 e. The number of aromatic amines is 1. The number of H-pyrrole nitrogens is 1. The molecule has 1 unspecified atom stereocenters. The number of nitrogens with one attached hydrogen (secondary N) is 2. The monoisotopic (exact) mass is 318 g/mol. The summed E-state index contributed by atoms with van der Waals surface area (Å²) in [5, 5.41) is 12.3. The van der Waals surface area contributed by atoms with Gasteiger partial charge in [-0.2, -0.15) is 0 Å². The van der Waals surface area contributed by atoms with Crippen molar-refractivity contribution in [1.82, 2.24) is 10.3 Å². The average Bonchev–Trinajstić information content (AvgIpc) is 2.76. The Kier molecular flexibility index (Phi) is 4.94. The molecule has 1 heterocycles. The van der Waals surface area contributed by atoms with Crippen molar-refractivity contribution in [1.29, 1.82) is 0 Å². The van der Waals surface area contributed by atoms with E-state index >= 15 is 0 Å². The lowest BCUT2D eigenvalue weighted by Crippen LogP contribution is -2.46. The first kappa shape index (κ1) is 15.2. The maximum atomic E-state index is 12.0. The molecule has 1 aliphatic carbocycles. The Bertz CT molecular complexity index is 490. The van der Waals surface area contributed by atoms with E-state index in [0.717, 1.165) is 32.1 Å². The van der Waals surface area contributed by atoms with E-state index in [9.17, 15) is 14.7 Å². The zero-order chi connectivity index (χ0) is 14.7. The van der Waals surface area contributed by atoms with Crippen LogP contribution in [-0.2, 0) is 4.79 Å². The van der Waals surface area contributed by atoms with Crippen LogP contribution in [0.2, 0.25) is 10.2 Å². The number of aliphatic carboxylic acids is 1. The predicted molar refractivity (Wildman–Crippen MR) is 76.3 cm³/mol. The van der Waals surface area contributed by atoms with E-state index < -0.39 is 17.9 Å². The first-order valence-electron chi connectivity index (χ1n) is 6.56. The zero-order valence-corrected chi connectivity index (χ0v) is 12.3. The zero-order valence-electron chi connectivity index (χ0n) is 10.8. The van der Waals surface area contributed by atoms with Crippen LogP contribution in [0.25, 0.3) is 0 Å². The van der Waals surface area contributed by atoms with Gasteiger partial charge in [0.25, 0.3) is 5.91 Å². The normalized spacial score (nSPS) is 17.7. The fraction of sp³-hybridized carbons (Fsp3) is 0.538. The number of carbonyl (C=O) groups excluding carboxylic acids is 1. The third-order valence-corrected chi connectivity index (χ3v) is 4.34. The van der Waals surface area contributed by atoms with Crippen LogP contribution in [-0.4, -0.2) is 28.0 Å². The van der Waals surface area contributed by atoms with E-state index in [0.29, 0.717) is 0 Å². The molecule has 3 N–H and O–H groups in total. The predicted octanol–water partition coefficient (Wildman–Crippen LogP) is 3.08. The van der Waals surface area contributed by atoms with Crippen LogP contribution >= 0.6 is 23.2 Å². The van der Waals surface area contributed by atoms with Gasteiger partial charge in [-0.15, -0.1) is 0 Å². The van der Waals surface area contributed by atoms with Gasteiger partial charge in [-0.05, 0) is 24.8 Å². The van der Waals surface area contributed by atoms with Crippen LogP contribution in [0.15, 0.2) is 6.07 Å². The molecule has 0 bridgehead atoms. The molecule has 1 saturated carbocycles. The minimum atomic E-state index is -1.01. The second-order valence-electron chi connectivity index (χ2n) is 5.03. The quantitative estimate of drug-likeness (QED) is 0.797. The first-order chi connectivity index (χ1) is 9.49. The van der Waals surface area contributed by atoms with Crippen molar-refractivity contribution in [3.8, 4) is 0 Å². The van der Waals surface area contributed by atoms with Crippen LogP contribution < -0.4 is 5.32 Å². The standard InChI is InChI=1S/C13H16Cl2N2O3/c14-8-6-9(16-11(8)15)12(18)17-10(13(19)20)7-4-2-1-3-5-7/h6-7,10,16H,1-5H2,(H,17,18)(H,19,20). The van der Waals surface area contributed by atoms with Gasteiger partial charge in [-0.1, -0.05) is 42.5 Å². The molecule has 1 fully saturated rings. The Morgan fingerprint density at radius 3 is 2.45 bits per heavy atom. The lowest BCUT2D eigenvalue weighted by atomic mass is 9.84. The van der Waals surface area contributed by atoms with Crippen molar-refractivity contribution in [2.24, 2.45) is 5.92 Å². The minimum Gasteiger partial charge on any atom is -0.480 e. The summed E-state index contributed by atoms with van der Waals surface area (Å²) in [5.41, 5.74) is 0.169. The Hall–Kier alpha value is -1.20. The molecule has 0 aliphatic heterocycles. The van der Waals surface area contributed by atoms with Crippen LogP contribution in [0.4, 0.5) is 0 Å². The highest BCUT2D eigenvalue weighted by atomic mass is 35.5. The molecule has 0 spiro atoms. The summed E-state index contributed by atoms with van der Waals surface area (Å²) in [4.78, 5) is 26.0. The summed E-state index contributed by atoms with van der Waals surface area (Å²) >= 11 is 11.5. The molecule has 0 saturated heterocycles. The van der Waals surface area contributed by atoms with E-state index in [-0.39, 0.29) is 21.8 Å². The third-order valence-electron chi connectivity index (χ3n) is 3.64. The third kappa shape index (κ3) is 3.46. The Morgan fingerprint density at radius 2 is 1.95 bits per heavy atom. The molecule has 1 aromatic heterocycles. The SMILES string of the molecule is O=C(NC(C(=O)O)C1CCCCC1)c1cc(Cl)c(Cl)[nH]1. The number of carboxylic acid groups (broad SMARTS) is 1. The Balaban J connectivity index is 2.07. The highest BCUT2D eigenvalue weighted by Crippen LogP contribution is 2.27. The van der Waals surface area contributed by atoms with Crippen LogP contribution in [0.3, 0.4) is 0 Å². The highest BCUT2D eigenvalue weighted by molar-refractivity contribution is 6.41. The summed E-state index contributed by atoms with van der Waals surface area (Å²) < 4.78 is 0. The molecule has 0 radical (unpaired) electrons. The first-order valence-corrected chi connectivity index (χ1v) is 7.32. The van der Waals surface area contributed by atoms with E-state index in [2.05, 4.69) is 10.3 Å². The minimum absolute atomic E-state index is 0.0221. The fourth-order valence-electron chi connectivity index (χ4n) is 2.59. The number of carboxylic acids is 1. The van der Waals surface area contributed by atoms with Gasteiger partial charge in [0, 0.05) is 0 Å². The van der Waals surface area contributed by atoms with Crippen molar-refractivity contribution in [2.75, 3.05) is 0 Å². The van der Waals surface area contributed by atoms with Gasteiger partial charge < -0.3 is 15.4 Å². The summed E-state index contributed by atoms with van der Waals surface area (Å²) in [6.45, 7) is 0. The molecule has 2 rings (SSSR count). The van der Waals surface area contributed by atoms with Gasteiger partial charge in [0.05, 0.1) is 5.02 Å². The van der Waals surface area contributed by atoms with Gasteiger partial charge in [0.1, 0.15) is 16.9 Å². The number of hydrogen-bond acceptors (Lipinski definition) is 2. The molecule has 20 heavy (non-hydrogen) atoms. The molecule has 5 nitrogen and oxygen atoms in total. The molecule has 1 amide bonds. The summed E-state index contributed by atoms with van der Waals surface area (Å²) in [5.74, 6) is -1.53. The topological polar surface area (TPSA) is 82.2 Å². The number of halogens is 2. The number of amides is 1. The van der Waals surface area contributed by atoms with Crippen LogP contribution in [0.5, 0.6) is 0 Å². The van der Waals surface area contributed by atoms with Crippen molar-refractivity contribution >= 4 is 35.1 Å². The molecular formula is C13H16Cl2N2O3. The molecule has 1 aliphatic rings. The maximum absolute atomic E-state index is 12.0. The van der Waals surface area contributed by atoms with Gasteiger partial charge in [0.2, 0.25) is 0 Å². The lowest BCUT2D eigenvalue weighted by molar-refractivity contribution is -0.141. The molecular weight excluding hydrogens is 303 g/mol. The molecule has 1 atom stereocenters. The van der Waals surface area contributed by atoms with Gasteiger partial charge in [-0.3, -0.25) is 4.79 Å². The molecule has 0 aromatic carbocycles. The fourth-order valence-corrected chi connectivity index (χ4v) is 2.91. The van der Waals surface area contributed by atoms with E-state index in [1.807, 2.05) is 0 Å². The Morgan fingerprint density at radius 1 is 1.30 bits per heavy atom. The highest BCUT2D eigenvalue weighted by Gasteiger charge is 2.31. The second-order valence-corrected chi connectivity index (χ2v) is 5.82. The molecule has 1 aromatic rings. The van der Waals surface area contributed by atoms with E-state index in [4.69, 9.17) is 23.2 Å². The smallest absolute Gasteiger partial charge is 0.326 e. The maximum Gasteiger partial charge on any atom is 0.326 e. The van der Waals surface area contributed by atoms with Crippen molar-refractivity contribution in [3.05, 3.63) is 21.9 Å². The van der Waals surface area contributed by atoms with E-state index in [1.165, 1.54) is 6.07 Å². The van der Waals surface area contributed by atoms with Crippen molar-refractivity contribution in [2.45, 2.75) is 38.1 Å².